The lowest BCUT2D eigenvalue weighted by Gasteiger charge is -2.29. The molecule has 3 heteroatoms. The lowest BCUT2D eigenvalue weighted by Crippen LogP contribution is -2.38. The molecule has 1 aliphatic rings. The Morgan fingerprint density at radius 3 is 2.93 bits per heavy atom. The Bertz CT molecular complexity index is 327. The van der Waals surface area contributed by atoms with Gasteiger partial charge in [-0.25, -0.2) is 0 Å². The van der Waals surface area contributed by atoms with E-state index >= 15 is 0 Å². The minimum atomic E-state index is 0.307. The van der Waals surface area contributed by atoms with Crippen molar-refractivity contribution in [2.45, 2.75) is 24.9 Å². The van der Waals surface area contributed by atoms with E-state index < -0.39 is 0 Å². The molecule has 0 unspecified atom stereocenters. The van der Waals surface area contributed by atoms with Crippen LogP contribution in [0.1, 0.15) is 24.4 Å². The molecular weight excluding hydrogens is 188 g/mol. The molecule has 0 radical (unpaired) electrons. The summed E-state index contributed by atoms with van der Waals surface area (Å²) in [4.78, 5) is 0. The second-order valence-electron chi connectivity index (χ2n) is 4.03. The highest BCUT2D eigenvalue weighted by atomic mass is 16.5. The van der Waals surface area contributed by atoms with Crippen molar-refractivity contribution in [2.75, 3.05) is 13.7 Å². The van der Waals surface area contributed by atoms with Crippen molar-refractivity contribution in [3.05, 3.63) is 29.8 Å². The first-order valence-electron chi connectivity index (χ1n) is 5.43. The van der Waals surface area contributed by atoms with E-state index in [1.807, 2.05) is 18.2 Å². The highest BCUT2D eigenvalue weighted by Crippen LogP contribution is 2.29. The molecule has 0 saturated carbocycles. The zero-order valence-corrected chi connectivity index (χ0v) is 9.07. The summed E-state index contributed by atoms with van der Waals surface area (Å²) in [5, 5.41) is 3.48. The molecule has 0 bridgehead atoms. The maximum Gasteiger partial charge on any atom is 0.123 e. The standard InChI is InChI=1S/C12H18N2O/c1-15-12-5-3-2-4-10(12)11-8-9(13)6-7-14-11/h2-5,9,11,14H,6-8,13H2,1H3/t9-,11-/m0/s1. The van der Waals surface area contributed by atoms with Gasteiger partial charge in [0.25, 0.3) is 0 Å². The van der Waals surface area contributed by atoms with Crippen LogP contribution in [-0.4, -0.2) is 19.7 Å². The summed E-state index contributed by atoms with van der Waals surface area (Å²) in [6, 6.07) is 8.78. The molecule has 1 saturated heterocycles. The van der Waals surface area contributed by atoms with Crippen molar-refractivity contribution in [2.24, 2.45) is 5.73 Å². The summed E-state index contributed by atoms with van der Waals surface area (Å²) in [6.07, 6.45) is 2.05. The maximum atomic E-state index is 5.97. The van der Waals surface area contributed by atoms with Crippen molar-refractivity contribution in [3.63, 3.8) is 0 Å². The van der Waals surface area contributed by atoms with Crippen LogP contribution in [0.5, 0.6) is 5.75 Å². The number of ether oxygens (including phenoxy) is 1. The van der Waals surface area contributed by atoms with Gasteiger partial charge in [-0.15, -0.1) is 0 Å². The molecule has 1 aromatic carbocycles. The smallest absolute Gasteiger partial charge is 0.123 e. The van der Waals surface area contributed by atoms with E-state index in [1.165, 1.54) is 5.56 Å². The number of rotatable bonds is 2. The second-order valence-corrected chi connectivity index (χ2v) is 4.03. The van der Waals surface area contributed by atoms with Gasteiger partial charge in [0.1, 0.15) is 5.75 Å². The molecule has 0 amide bonds. The van der Waals surface area contributed by atoms with Crippen LogP contribution >= 0.6 is 0 Å². The van der Waals surface area contributed by atoms with Gasteiger partial charge in [0.2, 0.25) is 0 Å². The normalized spacial score (nSPS) is 26.3. The van der Waals surface area contributed by atoms with Crippen LogP contribution in [0.2, 0.25) is 0 Å². The van der Waals surface area contributed by atoms with Crippen LogP contribution in [0, 0.1) is 0 Å². The van der Waals surface area contributed by atoms with Crippen molar-refractivity contribution in [1.29, 1.82) is 0 Å². The third kappa shape index (κ3) is 2.30. The fourth-order valence-corrected chi connectivity index (χ4v) is 2.14. The van der Waals surface area contributed by atoms with Crippen LogP contribution in [0.3, 0.4) is 0 Å². The molecule has 82 valence electrons. The molecular formula is C12H18N2O. The minimum Gasteiger partial charge on any atom is -0.496 e. The Kier molecular flexibility index (Phi) is 3.23. The van der Waals surface area contributed by atoms with E-state index in [0.29, 0.717) is 12.1 Å². The lowest BCUT2D eigenvalue weighted by atomic mass is 9.94. The average molecular weight is 206 g/mol. The number of benzene rings is 1. The van der Waals surface area contributed by atoms with E-state index in [1.54, 1.807) is 7.11 Å². The zero-order chi connectivity index (χ0) is 10.7. The summed E-state index contributed by atoms with van der Waals surface area (Å²) in [5.74, 6) is 0.948. The first-order valence-corrected chi connectivity index (χ1v) is 5.43. The van der Waals surface area contributed by atoms with Crippen molar-refractivity contribution >= 4 is 0 Å². The molecule has 1 fully saturated rings. The predicted molar refractivity (Wildman–Crippen MR) is 60.9 cm³/mol. The number of para-hydroxylation sites is 1. The van der Waals surface area contributed by atoms with Crippen molar-refractivity contribution < 1.29 is 4.74 Å². The number of methoxy groups -OCH3 is 1. The Hall–Kier alpha value is -1.06. The lowest BCUT2D eigenvalue weighted by molar-refractivity contribution is 0.350. The monoisotopic (exact) mass is 206 g/mol. The van der Waals surface area contributed by atoms with Gasteiger partial charge in [-0.05, 0) is 25.5 Å². The minimum absolute atomic E-state index is 0.307. The molecule has 1 heterocycles. The zero-order valence-electron chi connectivity index (χ0n) is 9.07. The maximum absolute atomic E-state index is 5.97. The number of hydrogen-bond donors (Lipinski definition) is 2. The van der Waals surface area contributed by atoms with Crippen LogP contribution in [0.4, 0.5) is 0 Å². The van der Waals surface area contributed by atoms with Gasteiger partial charge in [0, 0.05) is 17.6 Å². The molecule has 0 spiro atoms. The molecule has 3 N–H and O–H groups in total. The summed E-state index contributed by atoms with van der Waals surface area (Å²) >= 11 is 0. The van der Waals surface area contributed by atoms with E-state index in [-0.39, 0.29) is 0 Å². The van der Waals surface area contributed by atoms with Crippen LogP contribution < -0.4 is 15.8 Å². The molecule has 2 atom stereocenters. The number of nitrogens with one attached hydrogen (secondary N) is 1. The number of piperidine rings is 1. The van der Waals surface area contributed by atoms with E-state index in [0.717, 1.165) is 25.1 Å². The van der Waals surface area contributed by atoms with Gasteiger partial charge in [-0.2, -0.15) is 0 Å². The first kappa shape index (κ1) is 10.5. The van der Waals surface area contributed by atoms with Gasteiger partial charge in [0.15, 0.2) is 0 Å². The largest absolute Gasteiger partial charge is 0.496 e. The topological polar surface area (TPSA) is 47.3 Å². The highest BCUT2D eigenvalue weighted by Gasteiger charge is 2.22. The third-order valence-electron chi connectivity index (χ3n) is 2.96. The second kappa shape index (κ2) is 4.64. The summed E-state index contributed by atoms with van der Waals surface area (Å²) < 4.78 is 5.35. The first-order chi connectivity index (χ1) is 7.31. The molecule has 2 rings (SSSR count). The molecule has 3 nitrogen and oxygen atoms in total. The molecule has 1 aromatic rings. The van der Waals surface area contributed by atoms with Gasteiger partial charge >= 0.3 is 0 Å². The third-order valence-corrected chi connectivity index (χ3v) is 2.96. The summed E-state index contributed by atoms with van der Waals surface area (Å²) in [7, 11) is 1.71. The molecule has 1 aliphatic heterocycles. The average Bonchev–Trinajstić information content (AvgIpc) is 2.29. The fourth-order valence-electron chi connectivity index (χ4n) is 2.14. The Balaban J connectivity index is 2.20. The Labute approximate surface area is 90.6 Å². The van der Waals surface area contributed by atoms with E-state index in [4.69, 9.17) is 10.5 Å². The fraction of sp³-hybridized carbons (Fsp3) is 0.500. The Morgan fingerprint density at radius 2 is 2.20 bits per heavy atom. The quantitative estimate of drug-likeness (QED) is 0.770. The number of hydrogen-bond acceptors (Lipinski definition) is 3. The van der Waals surface area contributed by atoms with Gasteiger partial charge in [-0.1, -0.05) is 18.2 Å². The van der Waals surface area contributed by atoms with Gasteiger partial charge in [-0.3, -0.25) is 0 Å². The van der Waals surface area contributed by atoms with Crippen LogP contribution in [0.15, 0.2) is 24.3 Å². The van der Waals surface area contributed by atoms with Gasteiger partial charge < -0.3 is 15.8 Å². The summed E-state index contributed by atoms with van der Waals surface area (Å²) in [5.41, 5.74) is 7.19. The molecule has 15 heavy (non-hydrogen) atoms. The highest BCUT2D eigenvalue weighted by molar-refractivity contribution is 5.36. The SMILES string of the molecule is COc1ccccc1[C@@H]1C[C@@H](N)CCN1. The van der Waals surface area contributed by atoms with E-state index in [9.17, 15) is 0 Å². The molecule has 0 aliphatic carbocycles. The predicted octanol–water partition coefficient (Wildman–Crippen LogP) is 1.45. The summed E-state index contributed by atoms with van der Waals surface area (Å²) in [6.45, 7) is 0.990. The van der Waals surface area contributed by atoms with Crippen LogP contribution in [-0.2, 0) is 0 Å². The number of nitrogens with two attached hydrogens (primary N) is 1. The van der Waals surface area contributed by atoms with Gasteiger partial charge in [0.05, 0.1) is 7.11 Å². The Morgan fingerprint density at radius 1 is 1.40 bits per heavy atom. The van der Waals surface area contributed by atoms with Crippen molar-refractivity contribution in [1.82, 2.24) is 5.32 Å². The van der Waals surface area contributed by atoms with Crippen molar-refractivity contribution in [3.8, 4) is 5.75 Å². The molecule has 0 aromatic heterocycles. The van der Waals surface area contributed by atoms with E-state index in [2.05, 4.69) is 11.4 Å². The van der Waals surface area contributed by atoms with Crippen LogP contribution in [0.25, 0.3) is 0 Å².